The molecule has 1 aromatic carbocycles. The molecule has 0 aliphatic heterocycles. The molecule has 0 saturated heterocycles. The number of benzene rings is 1. The number of rotatable bonds is 3. The molecule has 1 aromatic rings. The van der Waals surface area contributed by atoms with Crippen LogP contribution in [0.1, 0.15) is 5.56 Å². The van der Waals surface area contributed by atoms with Crippen molar-refractivity contribution in [1.29, 1.82) is 0 Å². The summed E-state index contributed by atoms with van der Waals surface area (Å²) in [4.78, 5) is 11.2. The van der Waals surface area contributed by atoms with Gasteiger partial charge >= 0.3 is 10.4 Å². The van der Waals surface area contributed by atoms with E-state index in [0.29, 0.717) is 10.6 Å². The number of halogens is 5. The molecule has 9 heteroatoms. The van der Waals surface area contributed by atoms with Gasteiger partial charge in [-0.05, 0) is 18.6 Å². The topological polar surface area (TPSA) is 51.0 Å². The number of methoxy groups -OCH3 is 1. The molecule has 0 unspecified atom stereocenters. The molecule has 0 N–H and O–H groups in total. The third-order valence-electron chi connectivity index (χ3n) is 2.08. The molecule has 0 spiro atoms. The molecule has 0 atom stereocenters. The molecule has 0 saturated carbocycles. The first kappa shape index (κ1) is 16.8. The summed E-state index contributed by atoms with van der Waals surface area (Å²) in [5, 5.41) is 7.87. The van der Waals surface area contributed by atoms with Gasteiger partial charge in [0.25, 0.3) is 0 Å². The lowest BCUT2D eigenvalue weighted by Gasteiger charge is -2.10. The number of hydrogen-bond donors (Lipinski definition) is 0. The average molecular weight is 364 g/mol. The van der Waals surface area contributed by atoms with Gasteiger partial charge < -0.3 is 4.74 Å². The highest BCUT2D eigenvalue weighted by Gasteiger charge is 2.35. The minimum atomic E-state index is -2.17. The van der Waals surface area contributed by atoms with Crippen LogP contribution in [0.25, 0.3) is 0 Å². The zero-order valence-corrected chi connectivity index (χ0v) is 13.5. The average Bonchev–Trinajstić information content (AvgIpc) is 2.34. The van der Waals surface area contributed by atoms with Gasteiger partial charge in [-0.1, -0.05) is 58.0 Å². The third-order valence-corrected chi connectivity index (χ3v) is 3.68. The lowest BCUT2D eigenvalue weighted by Crippen LogP contribution is -2.24. The van der Waals surface area contributed by atoms with Gasteiger partial charge in [0.1, 0.15) is 5.69 Å². The van der Waals surface area contributed by atoms with Crippen LogP contribution in [-0.4, -0.2) is 17.5 Å². The minimum absolute atomic E-state index is 0.111. The molecule has 104 valence electrons. The van der Waals surface area contributed by atoms with Crippen molar-refractivity contribution in [2.24, 2.45) is 10.2 Å². The number of esters is 1. The van der Waals surface area contributed by atoms with Crippen molar-refractivity contribution >= 4 is 69.7 Å². The van der Waals surface area contributed by atoms with Crippen molar-refractivity contribution in [3.8, 4) is 0 Å². The number of alkyl halides is 2. The van der Waals surface area contributed by atoms with Gasteiger partial charge in [-0.3, -0.25) is 0 Å². The summed E-state index contributed by atoms with van der Waals surface area (Å²) in [6, 6.07) is 1.45. The second kappa shape index (κ2) is 6.46. The molecule has 0 amide bonds. The SMILES string of the molecule is COC(=O)C(Cl)(Cl)/N=N/c1c(Cl)cc(Cl)c(C)c1Cl. The van der Waals surface area contributed by atoms with Crippen LogP contribution in [0.15, 0.2) is 16.3 Å². The van der Waals surface area contributed by atoms with Gasteiger partial charge in [0.2, 0.25) is 0 Å². The van der Waals surface area contributed by atoms with Crippen LogP contribution >= 0.6 is 58.0 Å². The van der Waals surface area contributed by atoms with Crippen LogP contribution in [-0.2, 0) is 9.53 Å². The van der Waals surface area contributed by atoms with E-state index in [1.165, 1.54) is 6.07 Å². The van der Waals surface area contributed by atoms with Gasteiger partial charge in [-0.25, -0.2) is 4.79 Å². The number of nitrogens with zero attached hydrogens (tertiary/aromatic N) is 2. The Hall–Kier alpha value is -0.260. The van der Waals surface area contributed by atoms with Crippen LogP contribution in [0.4, 0.5) is 5.69 Å². The first-order valence-corrected chi connectivity index (χ1v) is 6.63. The molecule has 0 aliphatic carbocycles. The minimum Gasteiger partial charge on any atom is -0.465 e. The molecule has 0 bridgehead atoms. The fourth-order valence-electron chi connectivity index (χ4n) is 1.04. The lowest BCUT2D eigenvalue weighted by molar-refractivity contribution is -0.141. The summed E-state index contributed by atoms with van der Waals surface area (Å²) in [5.74, 6) is -0.975. The van der Waals surface area contributed by atoms with Gasteiger partial charge in [-0.2, -0.15) is 0 Å². The van der Waals surface area contributed by atoms with E-state index in [1.807, 2.05) is 0 Å². The first-order chi connectivity index (χ1) is 8.70. The summed E-state index contributed by atoms with van der Waals surface area (Å²) < 4.78 is 2.19. The number of hydrogen-bond acceptors (Lipinski definition) is 4. The molecular weight excluding hydrogens is 357 g/mol. The lowest BCUT2D eigenvalue weighted by atomic mass is 10.2. The van der Waals surface area contributed by atoms with Crippen molar-refractivity contribution in [2.45, 2.75) is 11.4 Å². The zero-order chi connectivity index (χ0) is 14.8. The highest BCUT2D eigenvalue weighted by atomic mass is 35.5. The Kier molecular flexibility index (Phi) is 5.71. The molecule has 0 heterocycles. The van der Waals surface area contributed by atoms with Crippen LogP contribution in [0.5, 0.6) is 0 Å². The van der Waals surface area contributed by atoms with E-state index in [1.54, 1.807) is 6.92 Å². The van der Waals surface area contributed by atoms with E-state index in [0.717, 1.165) is 7.11 Å². The molecule has 4 nitrogen and oxygen atoms in total. The summed E-state index contributed by atoms with van der Waals surface area (Å²) in [6.07, 6.45) is 0. The second-order valence-corrected chi connectivity index (χ2v) is 5.84. The Morgan fingerprint density at radius 3 is 2.37 bits per heavy atom. The Bertz CT molecular complexity index is 545. The van der Waals surface area contributed by atoms with Crippen molar-refractivity contribution in [2.75, 3.05) is 7.11 Å². The molecule has 19 heavy (non-hydrogen) atoms. The molecule has 0 fully saturated rings. The largest absolute Gasteiger partial charge is 0.465 e. The van der Waals surface area contributed by atoms with Crippen molar-refractivity contribution < 1.29 is 9.53 Å². The van der Waals surface area contributed by atoms with Crippen LogP contribution in [0, 0.1) is 6.92 Å². The fraction of sp³-hybridized carbons (Fsp3) is 0.300. The summed E-state index contributed by atoms with van der Waals surface area (Å²) >= 11 is 29.1. The van der Waals surface area contributed by atoms with E-state index in [4.69, 9.17) is 58.0 Å². The predicted octanol–water partition coefficient (Wildman–Crippen LogP) is 5.34. The highest BCUT2D eigenvalue weighted by molar-refractivity contribution is 6.57. The maximum absolute atomic E-state index is 11.2. The van der Waals surface area contributed by atoms with Gasteiger partial charge in [-0.15, -0.1) is 10.2 Å². The maximum atomic E-state index is 11.2. The Balaban J connectivity index is 3.20. The second-order valence-electron chi connectivity index (χ2n) is 3.36. The molecular formula is C10H7Cl5N2O2. The monoisotopic (exact) mass is 362 g/mol. The van der Waals surface area contributed by atoms with E-state index in [2.05, 4.69) is 15.0 Å². The normalized spacial score (nSPS) is 11.9. The Morgan fingerprint density at radius 1 is 1.26 bits per heavy atom. The Morgan fingerprint density at radius 2 is 1.84 bits per heavy atom. The number of carbonyl (C=O) groups excluding carboxylic acids is 1. The standard InChI is InChI=1S/C10H7Cl5N2O2/c1-4-5(11)3-6(12)8(7(4)13)16-17-10(14,15)9(18)19-2/h3H,1-2H3/b17-16+. The molecule has 1 rings (SSSR count). The number of azo groups is 1. The summed E-state index contributed by atoms with van der Waals surface area (Å²) in [7, 11) is 1.11. The third kappa shape index (κ3) is 3.86. The predicted molar refractivity (Wildman–Crippen MR) is 77.2 cm³/mol. The van der Waals surface area contributed by atoms with Crippen LogP contribution < -0.4 is 0 Å². The number of ether oxygens (including phenoxy) is 1. The van der Waals surface area contributed by atoms with Gasteiger partial charge in [0.05, 0.1) is 17.2 Å². The van der Waals surface area contributed by atoms with Crippen LogP contribution in [0.2, 0.25) is 15.1 Å². The molecule has 0 aliphatic rings. The van der Waals surface area contributed by atoms with Crippen molar-refractivity contribution in [1.82, 2.24) is 0 Å². The van der Waals surface area contributed by atoms with Gasteiger partial charge in [0.15, 0.2) is 0 Å². The smallest absolute Gasteiger partial charge is 0.367 e. The summed E-state index contributed by atoms with van der Waals surface area (Å²) in [6.45, 7) is 1.68. The highest BCUT2D eigenvalue weighted by Crippen LogP contribution is 2.40. The van der Waals surface area contributed by atoms with E-state index in [-0.39, 0.29) is 15.7 Å². The van der Waals surface area contributed by atoms with E-state index >= 15 is 0 Å². The number of carbonyl (C=O) groups is 1. The fourth-order valence-corrected chi connectivity index (χ4v) is 2.11. The maximum Gasteiger partial charge on any atom is 0.367 e. The first-order valence-electron chi connectivity index (χ1n) is 4.74. The van der Waals surface area contributed by atoms with E-state index in [9.17, 15) is 4.79 Å². The van der Waals surface area contributed by atoms with Gasteiger partial charge in [0, 0.05) is 5.02 Å². The zero-order valence-electron chi connectivity index (χ0n) is 9.68. The van der Waals surface area contributed by atoms with Crippen molar-refractivity contribution in [3.05, 3.63) is 26.7 Å². The summed E-state index contributed by atoms with van der Waals surface area (Å²) in [5.41, 5.74) is 0.675. The Labute approximate surface area is 134 Å². The van der Waals surface area contributed by atoms with Crippen LogP contribution in [0.3, 0.4) is 0 Å². The molecule has 0 radical (unpaired) electrons. The molecule has 0 aromatic heterocycles. The van der Waals surface area contributed by atoms with E-state index < -0.39 is 10.4 Å². The quantitative estimate of drug-likeness (QED) is 0.314. The van der Waals surface area contributed by atoms with Crippen molar-refractivity contribution in [3.63, 3.8) is 0 Å².